The fourth-order valence-electron chi connectivity index (χ4n) is 6.86. The van der Waals surface area contributed by atoms with Crippen LogP contribution >= 0.6 is 12.4 Å². The molecule has 1 saturated heterocycles. The molecule has 0 aromatic heterocycles. The normalized spacial score (nSPS) is 16.2. The van der Waals surface area contributed by atoms with Crippen molar-refractivity contribution in [3.63, 3.8) is 0 Å². The molecule has 7 atom stereocenters. The Morgan fingerprint density at radius 3 is 1.22 bits per heavy atom. The Bertz CT molecular complexity index is 1420. The average molecular weight is 920 g/mol. The van der Waals surface area contributed by atoms with Gasteiger partial charge in [0.15, 0.2) is 5.96 Å². The molecule has 1 aliphatic rings. The van der Waals surface area contributed by atoms with Crippen LogP contribution < -0.4 is 71.6 Å². The number of hydrogen-bond donors (Lipinski definition) is 14. The predicted molar refractivity (Wildman–Crippen MR) is 244 cm³/mol. The van der Waals surface area contributed by atoms with E-state index in [9.17, 15) is 38.7 Å². The molecule has 0 unspecified atom stereocenters. The van der Waals surface area contributed by atoms with E-state index in [0.717, 1.165) is 6.42 Å². The van der Waals surface area contributed by atoms with Crippen LogP contribution in [0.2, 0.25) is 0 Å². The van der Waals surface area contributed by atoms with Gasteiger partial charge in [0.25, 0.3) is 0 Å². The van der Waals surface area contributed by atoms with Crippen molar-refractivity contribution in [3.8, 4) is 0 Å². The highest BCUT2D eigenvalue weighted by Gasteiger charge is 2.34. The number of carbonyl (C=O) groups is 7. The van der Waals surface area contributed by atoms with Gasteiger partial charge in [-0.15, -0.1) is 12.4 Å². The zero-order chi connectivity index (χ0) is 46.5. The first-order chi connectivity index (χ1) is 29.6. The molecule has 63 heavy (non-hydrogen) atoms. The highest BCUT2D eigenvalue weighted by atomic mass is 35.5. The van der Waals surface area contributed by atoms with Crippen molar-refractivity contribution in [3.05, 3.63) is 0 Å². The number of carbonyl (C=O) groups excluding carboxylic acids is 6. The highest BCUT2D eigenvalue weighted by Crippen LogP contribution is 2.12. The summed E-state index contributed by atoms with van der Waals surface area (Å²) in [6.45, 7) is 5.47. The number of guanidine groups is 1. The summed E-state index contributed by atoms with van der Waals surface area (Å²) in [5.41, 5.74) is 33.9. The third-order valence-corrected chi connectivity index (χ3v) is 10.5. The van der Waals surface area contributed by atoms with Crippen LogP contribution in [-0.4, -0.2) is 134 Å². The standard InChI is InChI=1S/C40H78N14O8.ClH/c1-25(2)32(39(61)62)54-38(60)30(16-6-10-22-44)52-37(59)31(18-12-24-48-40(45)46)53-36(58)29(15-5-9-21-43)51-35(57)28(14-4-8-20-42)50-34(56)27(13-3-7-19-41)49-33(55)26-17-11-23-47-26;/h25-32,47H,3-24,41-44H2,1-2H3,(H,49,55)(H,50,56)(H,51,57)(H,52,59)(H,53,58)(H,54,60)(H,61,62)(H4,45,46,48);1H/t26-,27-,28-,29-,30-,31-,32-;/m0./s1. The quantitative estimate of drug-likeness (QED) is 0.0179. The van der Waals surface area contributed by atoms with Gasteiger partial charge >= 0.3 is 5.97 Å². The monoisotopic (exact) mass is 919 g/mol. The van der Waals surface area contributed by atoms with Gasteiger partial charge in [-0.2, -0.15) is 0 Å². The van der Waals surface area contributed by atoms with Crippen molar-refractivity contribution < 1.29 is 38.7 Å². The molecular formula is C40H79ClN14O8. The van der Waals surface area contributed by atoms with Crippen LogP contribution in [0.15, 0.2) is 4.99 Å². The molecule has 22 nitrogen and oxygen atoms in total. The van der Waals surface area contributed by atoms with Crippen molar-refractivity contribution >= 4 is 59.8 Å². The maximum absolute atomic E-state index is 14.1. The maximum atomic E-state index is 14.1. The lowest BCUT2D eigenvalue weighted by molar-refractivity contribution is -0.143. The molecule has 0 bridgehead atoms. The second-order valence-electron chi connectivity index (χ2n) is 16.1. The van der Waals surface area contributed by atoms with Gasteiger partial charge in [-0.3, -0.25) is 33.8 Å². The lowest BCUT2D eigenvalue weighted by Gasteiger charge is -2.28. The molecule has 0 aromatic rings. The number of aliphatic carboxylic acids is 1. The number of nitrogens with one attached hydrogen (secondary N) is 7. The second kappa shape index (κ2) is 34.1. The molecule has 1 aliphatic heterocycles. The Morgan fingerprint density at radius 2 is 0.921 bits per heavy atom. The molecule has 1 heterocycles. The van der Waals surface area contributed by atoms with Gasteiger partial charge in [-0.05, 0) is 141 Å². The summed E-state index contributed by atoms with van der Waals surface area (Å²) in [4.78, 5) is 98.3. The number of carboxylic acids is 1. The van der Waals surface area contributed by atoms with E-state index in [1.807, 2.05) is 0 Å². The van der Waals surface area contributed by atoms with Crippen LogP contribution in [0.25, 0.3) is 0 Å². The minimum atomic E-state index is -1.25. The topological polar surface area (TPSA) is 392 Å². The fourth-order valence-corrected chi connectivity index (χ4v) is 6.86. The van der Waals surface area contributed by atoms with Gasteiger partial charge in [-0.1, -0.05) is 13.8 Å². The summed E-state index contributed by atoms with van der Waals surface area (Å²) in [5, 5.41) is 29.2. The van der Waals surface area contributed by atoms with E-state index in [-0.39, 0.29) is 62.9 Å². The summed E-state index contributed by atoms with van der Waals surface area (Å²) < 4.78 is 0. The van der Waals surface area contributed by atoms with Crippen LogP contribution in [0.1, 0.15) is 117 Å². The molecule has 23 heteroatoms. The Labute approximate surface area is 378 Å². The van der Waals surface area contributed by atoms with Gasteiger partial charge in [-0.25, -0.2) is 4.79 Å². The number of amides is 6. The molecule has 1 fully saturated rings. The minimum absolute atomic E-state index is 0. The average Bonchev–Trinajstić information content (AvgIpc) is 3.77. The summed E-state index contributed by atoms with van der Waals surface area (Å²) in [7, 11) is 0. The zero-order valence-corrected chi connectivity index (χ0v) is 38.1. The van der Waals surface area contributed by atoms with Crippen LogP contribution in [0.3, 0.4) is 0 Å². The molecule has 1 rings (SSSR count). The number of nitrogens with two attached hydrogens (primary N) is 6. The van der Waals surface area contributed by atoms with Gasteiger partial charge in [0.05, 0.1) is 6.04 Å². The number of nitrogens with zero attached hydrogens (tertiary/aromatic N) is 1. The Kier molecular flexibility index (Phi) is 31.8. The first-order valence-corrected chi connectivity index (χ1v) is 22.2. The molecule has 0 spiro atoms. The van der Waals surface area contributed by atoms with Gasteiger partial charge in [0.2, 0.25) is 35.4 Å². The van der Waals surface area contributed by atoms with Gasteiger partial charge < -0.3 is 76.7 Å². The number of aliphatic imine (C=N–C) groups is 1. The number of unbranched alkanes of at least 4 members (excludes halogenated alkanes) is 4. The van der Waals surface area contributed by atoms with Crippen molar-refractivity contribution in [1.82, 2.24) is 37.2 Å². The van der Waals surface area contributed by atoms with Crippen molar-refractivity contribution in [2.75, 3.05) is 39.3 Å². The first-order valence-electron chi connectivity index (χ1n) is 22.2. The smallest absolute Gasteiger partial charge is 0.326 e. The third-order valence-electron chi connectivity index (χ3n) is 10.5. The van der Waals surface area contributed by atoms with Gasteiger partial charge in [0.1, 0.15) is 36.3 Å². The molecule has 0 radical (unpaired) electrons. The maximum Gasteiger partial charge on any atom is 0.326 e. The summed E-state index contributed by atoms with van der Waals surface area (Å²) in [6.07, 6.45) is 6.58. The SMILES string of the molecule is CC(C)[C@H](NC(=O)[C@H](CCCCN)NC(=O)[C@H](CCCN=C(N)N)NC(=O)[C@H](CCCCN)NC(=O)[C@H](CCCCN)NC(=O)[C@H](CCCCN)NC(=O)[C@@H]1CCCN1)C(=O)O.Cl. The molecule has 364 valence electrons. The Hall–Kier alpha value is -4.35. The predicted octanol–water partition coefficient (Wildman–Crippen LogP) is -2.62. The molecule has 6 amide bonds. The summed E-state index contributed by atoms with van der Waals surface area (Å²) in [5.74, 6) is -5.55. The van der Waals surface area contributed by atoms with Crippen molar-refractivity contribution in [2.24, 2.45) is 45.3 Å². The van der Waals surface area contributed by atoms with E-state index in [0.29, 0.717) is 96.9 Å². The second-order valence-corrected chi connectivity index (χ2v) is 16.1. The highest BCUT2D eigenvalue weighted by molar-refractivity contribution is 5.97. The van der Waals surface area contributed by atoms with Crippen molar-refractivity contribution in [1.29, 1.82) is 0 Å². The van der Waals surface area contributed by atoms with E-state index < -0.39 is 83.7 Å². The van der Waals surface area contributed by atoms with Crippen LogP contribution in [0, 0.1) is 5.92 Å². The molecule has 0 saturated carbocycles. The van der Waals surface area contributed by atoms with Crippen LogP contribution in [-0.2, 0) is 33.6 Å². The van der Waals surface area contributed by atoms with E-state index in [1.54, 1.807) is 13.8 Å². The first kappa shape index (κ1) is 58.6. The molecule has 0 aromatic carbocycles. The largest absolute Gasteiger partial charge is 0.480 e. The number of rotatable bonds is 34. The van der Waals surface area contributed by atoms with Gasteiger partial charge in [0, 0.05) is 6.54 Å². The van der Waals surface area contributed by atoms with E-state index in [4.69, 9.17) is 34.4 Å². The number of hydrogen-bond acceptors (Lipinski definition) is 13. The molecule has 0 aliphatic carbocycles. The van der Waals surface area contributed by atoms with Crippen LogP contribution in [0.4, 0.5) is 0 Å². The number of halogens is 1. The Morgan fingerprint density at radius 1 is 0.571 bits per heavy atom. The lowest BCUT2D eigenvalue weighted by Crippen LogP contribution is -2.60. The molecular weight excluding hydrogens is 840 g/mol. The third kappa shape index (κ3) is 24.3. The lowest BCUT2D eigenvalue weighted by atomic mass is 10.0. The minimum Gasteiger partial charge on any atom is -0.480 e. The van der Waals surface area contributed by atoms with E-state index >= 15 is 0 Å². The summed E-state index contributed by atoms with van der Waals surface area (Å²) >= 11 is 0. The van der Waals surface area contributed by atoms with E-state index in [2.05, 4.69) is 42.2 Å². The molecule has 20 N–H and O–H groups in total. The summed E-state index contributed by atoms with van der Waals surface area (Å²) in [6, 6.07) is -7.29. The van der Waals surface area contributed by atoms with Crippen molar-refractivity contribution in [2.45, 2.75) is 159 Å². The Balaban J connectivity index is 0.0000384. The number of carboxylic acid groups (broad SMARTS) is 1. The van der Waals surface area contributed by atoms with E-state index in [1.165, 1.54) is 0 Å². The zero-order valence-electron chi connectivity index (χ0n) is 37.3. The fraction of sp³-hybridized carbons (Fsp3) is 0.800. The van der Waals surface area contributed by atoms with Crippen LogP contribution in [0.5, 0.6) is 0 Å².